The molecule has 0 radical (unpaired) electrons. The van der Waals surface area contributed by atoms with Crippen molar-refractivity contribution in [2.75, 3.05) is 0 Å². The molecule has 0 bridgehead atoms. The van der Waals surface area contributed by atoms with Crippen molar-refractivity contribution in [2.45, 2.75) is 32.7 Å². The van der Waals surface area contributed by atoms with Gasteiger partial charge in [-0.15, -0.1) is 0 Å². The Labute approximate surface area is 76.9 Å². The van der Waals surface area contributed by atoms with Crippen LogP contribution in [0.2, 0.25) is 0 Å². The van der Waals surface area contributed by atoms with Gasteiger partial charge in [-0.2, -0.15) is 5.10 Å². The highest BCUT2D eigenvalue weighted by Crippen LogP contribution is 1.97. The lowest BCUT2D eigenvalue weighted by molar-refractivity contribution is 0.0925. The summed E-state index contributed by atoms with van der Waals surface area (Å²) in [7, 11) is 0. The van der Waals surface area contributed by atoms with Crippen LogP contribution in [-0.2, 0) is 0 Å². The summed E-state index contributed by atoms with van der Waals surface area (Å²) in [5, 5.41) is 8.97. The second-order valence-corrected chi connectivity index (χ2v) is 2.82. The molecule has 5 nitrogen and oxygen atoms in total. The van der Waals surface area contributed by atoms with Gasteiger partial charge in [-0.25, -0.2) is 4.98 Å². The van der Waals surface area contributed by atoms with E-state index in [0.29, 0.717) is 0 Å². The van der Waals surface area contributed by atoms with Gasteiger partial charge < -0.3 is 5.32 Å². The molecule has 1 amide bonds. The van der Waals surface area contributed by atoms with E-state index in [1.54, 1.807) is 0 Å². The van der Waals surface area contributed by atoms with Crippen molar-refractivity contribution in [3.8, 4) is 0 Å². The monoisotopic (exact) mass is 182 g/mol. The molecule has 0 saturated heterocycles. The topological polar surface area (TPSA) is 70.7 Å². The lowest BCUT2D eigenvalue weighted by Crippen LogP contribution is -2.34. The van der Waals surface area contributed by atoms with Crippen molar-refractivity contribution >= 4 is 5.91 Å². The van der Waals surface area contributed by atoms with Crippen LogP contribution in [0.5, 0.6) is 0 Å². The van der Waals surface area contributed by atoms with Crippen molar-refractivity contribution in [3.63, 3.8) is 0 Å². The smallest absolute Gasteiger partial charge is 0.288 e. The van der Waals surface area contributed by atoms with Crippen LogP contribution in [0, 0.1) is 0 Å². The van der Waals surface area contributed by atoms with Gasteiger partial charge in [-0.3, -0.25) is 9.89 Å². The van der Waals surface area contributed by atoms with Gasteiger partial charge in [0.25, 0.3) is 5.91 Å². The van der Waals surface area contributed by atoms with Gasteiger partial charge in [0.05, 0.1) is 0 Å². The Hall–Kier alpha value is -1.39. The average Bonchev–Trinajstić information content (AvgIpc) is 2.66. The largest absolute Gasteiger partial charge is 0.347 e. The molecule has 0 saturated carbocycles. The Kier molecular flexibility index (Phi) is 3.42. The van der Waals surface area contributed by atoms with Crippen LogP contribution < -0.4 is 5.32 Å². The summed E-state index contributed by atoms with van der Waals surface area (Å²) >= 11 is 0. The number of H-pyrrole nitrogens is 1. The summed E-state index contributed by atoms with van der Waals surface area (Å²) in [5.41, 5.74) is 0. The van der Waals surface area contributed by atoms with Gasteiger partial charge >= 0.3 is 0 Å². The summed E-state index contributed by atoms with van der Waals surface area (Å²) < 4.78 is 0. The summed E-state index contributed by atoms with van der Waals surface area (Å²) in [6, 6.07) is 0.220. The number of hydrogen-bond donors (Lipinski definition) is 2. The first-order valence-corrected chi connectivity index (χ1v) is 4.44. The van der Waals surface area contributed by atoms with E-state index in [-0.39, 0.29) is 17.8 Å². The fourth-order valence-corrected chi connectivity index (χ4v) is 1.06. The third-order valence-electron chi connectivity index (χ3n) is 1.95. The SMILES string of the molecule is CCC(CC)NC(=O)c1ncn[nH]1. The number of aromatic nitrogens is 3. The standard InChI is InChI=1S/C8H14N4O/c1-3-6(4-2)11-8(13)7-9-5-10-12-7/h5-6H,3-4H2,1-2H3,(H,11,13)(H,9,10,12). The number of nitrogens with zero attached hydrogens (tertiary/aromatic N) is 2. The Morgan fingerprint density at radius 1 is 1.62 bits per heavy atom. The lowest BCUT2D eigenvalue weighted by Gasteiger charge is -2.12. The maximum atomic E-state index is 11.4. The number of amides is 1. The molecule has 0 aliphatic heterocycles. The van der Waals surface area contributed by atoms with E-state index in [0.717, 1.165) is 12.8 Å². The molecule has 0 spiro atoms. The van der Waals surface area contributed by atoms with Gasteiger partial charge in [-0.1, -0.05) is 13.8 Å². The van der Waals surface area contributed by atoms with Crippen LogP contribution in [0.4, 0.5) is 0 Å². The molecule has 2 N–H and O–H groups in total. The second kappa shape index (κ2) is 4.59. The summed E-state index contributed by atoms with van der Waals surface area (Å²) in [5.74, 6) is 0.0816. The fraction of sp³-hybridized carbons (Fsp3) is 0.625. The molecule has 13 heavy (non-hydrogen) atoms. The predicted octanol–water partition coefficient (Wildman–Crippen LogP) is 0.723. The zero-order valence-electron chi connectivity index (χ0n) is 7.87. The van der Waals surface area contributed by atoms with Crippen LogP contribution in [0.3, 0.4) is 0 Å². The van der Waals surface area contributed by atoms with Crippen LogP contribution in [0.25, 0.3) is 0 Å². The van der Waals surface area contributed by atoms with E-state index in [2.05, 4.69) is 20.5 Å². The van der Waals surface area contributed by atoms with Crippen molar-refractivity contribution in [2.24, 2.45) is 0 Å². The molecule has 0 aliphatic carbocycles. The van der Waals surface area contributed by atoms with E-state index in [1.165, 1.54) is 6.33 Å². The Morgan fingerprint density at radius 3 is 2.77 bits per heavy atom. The van der Waals surface area contributed by atoms with E-state index >= 15 is 0 Å². The maximum absolute atomic E-state index is 11.4. The highest BCUT2D eigenvalue weighted by Gasteiger charge is 2.12. The molecule has 1 rings (SSSR count). The third kappa shape index (κ3) is 2.54. The molecule has 0 aromatic carbocycles. The van der Waals surface area contributed by atoms with Crippen molar-refractivity contribution in [3.05, 3.63) is 12.2 Å². The molecule has 0 unspecified atom stereocenters. The molecule has 1 heterocycles. The van der Waals surface area contributed by atoms with Crippen LogP contribution in [0.15, 0.2) is 6.33 Å². The fourth-order valence-electron chi connectivity index (χ4n) is 1.06. The molecule has 0 fully saturated rings. The Bertz CT molecular complexity index is 253. The molecular weight excluding hydrogens is 168 g/mol. The first-order valence-electron chi connectivity index (χ1n) is 4.44. The van der Waals surface area contributed by atoms with Gasteiger partial charge in [0, 0.05) is 6.04 Å². The minimum Gasteiger partial charge on any atom is -0.347 e. The number of aromatic amines is 1. The summed E-state index contributed by atoms with van der Waals surface area (Å²) in [6.45, 7) is 4.07. The highest BCUT2D eigenvalue weighted by atomic mass is 16.2. The van der Waals surface area contributed by atoms with E-state index in [9.17, 15) is 4.79 Å². The highest BCUT2D eigenvalue weighted by molar-refractivity contribution is 5.90. The average molecular weight is 182 g/mol. The minimum atomic E-state index is -0.189. The number of rotatable bonds is 4. The first-order chi connectivity index (χ1) is 6.27. The third-order valence-corrected chi connectivity index (χ3v) is 1.95. The molecule has 1 aromatic rings. The van der Waals surface area contributed by atoms with Crippen molar-refractivity contribution < 1.29 is 4.79 Å². The van der Waals surface area contributed by atoms with Crippen LogP contribution in [0.1, 0.15) is 37.3 Å². The van der Waals surface area contributed by atoms with E-state index < -0.39 is 0 Å². The van der Waals surface area contributed by atoms with Gasteiger partial charge in [0.1, 0.15) is 6.33 Å². The normalized spacial score (nSPS) is 10.4. The molecule has 72 valence electrons. The van der Waals surface area contributed by atoms with E-state index in [4.69, 9.17) is 0 Å². The molecule has 0 aliphatic rings. The molecule has 5 heteroatoms. The zero-order chi connectivity index (χ0) is 9.68. The number of hydrogen-bond acceptors (Lipinski definition) is 3. The number of carbonyl (C=O) groups excluding carboxylic acids is 1. The number of carbonyl (C=O) groups is 1. The number of nitrogens with one attached hydrogen (secondary N) is 2. The zero-order valence-corrected chi connectivity index (χ0v) is 7.87. The van der Waals surface area contributed by atoms with Gasteiger partial charge in [0.2, 0.25) is 5.82 Å². The molecule has 0 atom stereocenters. The maximum Gasteiger partial charge on any atom is 0.288 e. The Morgan fingerprint density at radius 2 is 2.31 bits per heavy atom. The van der Waals surface area contributed by atoms with Crippen LogP contribution in [-0.4, -0.2) is 27.1 Å². The van der Waals surface area contributed by atoms with Gasteiger partial charge in [0.15, 0.2) is 0 Å². The predicted molar refractivity (Wildman–Crippen MR) is 48.2 cm³/mol. The lowest BCUT2D eigenvalue weighted by atomic mass is 10.2. The van der Waals surface area contributed by atoms with Crippen LogP contribution >= 0.6 is 0 Å². The van der Waals surface area contributed by atoms with Gasteiger partial charge in [-0.05, 0) is 12.8 Å². The second-order valence-electron chi connectivity index (χ2n) is 2.82. The Balaban J connectivity index is 2.50. The molecular formula is C8H14N4O. The van der Waals surface area contributed by atoms with Crippen molar-refractivity contribution in [1.82, 2.24) is 20.5 Å². The van der Waals surface area contributed by atoms with E-state index in [1.807, 2.05) is 13.8 Å². The quantitative estimate of drug-likeness (QED) is 0.720. The first kappa shape index (κ1) is 9.70. The summed E-state index contributed by atoms with van der Waals surface area (Å²) in [4.78, 5) is 15.1. The molecule has 1 aromatic heterocycles. The minimum absolute atomic E-state index is 0.189. The summed E-state index contributed by atoms with van der Waals surface area (Å²) in [6.07, 6.45) is 3.18. The van der Waals surface area contributed by atoms with Crippen molar-refractivity contribution in [1.29, 1.82) is 0 Å².